The van der Waals surface area contributed by atoms with Gasteiger partial charge in [-0.2, -0.15) is 0 Å². The number of phenolic OH excluding ortho intramolecular Hbond substituents is 1. The van der Waals surface area contributed by atoms with E-state index < -0.39 is 21.9 Å². The summed E-state index contributed by atoms with van der Waals surface area (Å²) >= 11 is 0. The van der Waals surface area contributed by atoms with Crippen molar-refractivity contribution in [2.45, 2.75) is 25.9 Å². The lowest BCUT2D eigenvalue weighted by Crippen LogP contribution is -2.62. The smallest absolute Gasteiger partial charge is 0.254 e. The number of amides is 2. The maximum atomic E-state index is 12.8. The molecule has 0 unspecified atom stereocenters. The number of hydrogen-bond donors (Lipinski definition) is 1. The van der Waals surface area contributed by atoms with E-state index in [1.54, 1.807) is 30.9 Å². The van der Waals surface area contributed by atoms with E-state index in [0.717, 1.165) is 0 Å². The van der Waals surface area contributed by atoms with E-state index in [1.165, 1.54) is 17.0 Å². The average Bonchev–Trinajstić information content (AvgIpc) is 2.87. The van der Waals surface area contributed by atoms with Crippen LogP contribution in [0, 0.1) is 5.92 Å². The lowest BCUT2D eigenvalue weighted by molar-refractivity contribution is -0.139. The van der Waals surface area contributed by atoms with Gasteiger partial charge in [0.2, 0.25) is 5.91 Å². The normalized spacial score (nSPS) is 25.1. The van der Waals surface area contributed by atoms with Crippen LogP contribution in [0.4, 0.5) is 0 Å². The van der Waals surface area contributed by atoms with Gasteiger partial charge in [-0.1, -0.05) is 19.9 Å². The third-order valence-corrected chi connectivity index (χ3v) is 6.51. The quantitative estimate of drug-likeness (QED) is 0.822. The molecule has 7 nitrogen and oxygen atoms in total. The highest BCUT2D eigenvalue weighted by atomic mass is 32.2. The highest BCUT2D eigenvalue weighted by Crippen LogP contribution is 2.29. The van der Waals surface area contributed by atoms with Crippen LogP contribution in [0.5, 0.6) is 5.75 Å². The third kappa shape index (κ3) is 3.35. The van der Waals surface area contributed by atoms with Gasteiger partial charge < -0.3 is 14.9 Å². The number of nitrogens with zero attached hydrogens (tertiary/aromatic N) is 2. The van der Waals surface area contributed by atoms with Crippen molar-refractivity contribution in [2.75, 3.05) is 24.6 Å². The molecule has 3 rings (SSSR count). The van der Waals surface area contributed by atoms with Crippen molar-refractivity contribution < 1.29 is 23.1 Å². The lowest BCUT2D eigenvalue weighted by atomic mass is 10.0. The van der Waals surface area contributed by atoms with E-state index in [2.05, 4.69) is 0 Å². The Morgan fingerprint density at radius 1 is 1.12 bits per heavy atom. The molecule has 0 aliphatic carbocycles. The first kappa shape index (κ1) is 17.7. The topological polar surface area (TPSA) is 95.0 Å². The Hall–Kier alpha value is -2.09. The molecule has 8 heteroatoms. The Bertz CT molecular complexity index is 805. The third-order valence-electron chi connectivity index (χ3n) is 4.81. The zero-order valence-corrected chi connectivity index (χ0v) is 15.1. The highest BCUT2D eigenvalue weighted by molar-refractivity contribution is 7.91. The molecule has 1 aromatic carbocycles. The summed E-state index contributed by atoms with van der Waals surface area (Å²) in [6, 6.07) is 4.95. The second-order valence-corrected chi connectivity index (χ2v) is 9.10. The number of benzene rings is 1. The Labute approximate surface area is 147 Å². The van der Waals surface area contributed by atoms with Crippen molar-refractivity contribution in [3.63, 3.8) is 0 Å². The van der Waals surface area contributed by atoms with E-state index in [9.17, 15) is 23.1 Å². The number of hydrogen-bond acceptors (Lipinski definition) is 5. The number of piperazine rings is 1. The molecule has 136 valence electrons. The van der Waals surface area contributed by atoms with Crippen LogP contribution in [-0.4, -0.2) is 71.8 Å². The molecule has 1 N–H and O–H groups in total. The maximum Gasteiger partial charge on any atom is 0.254 e. The van der Waals surface area contributed by atoms with E-state index in [1.807, 2.05) is 0 Å². The molecule has 0 aromatic heterocycles. The second-order valence-electron chi connectivity index (χ2n) is 6.95. The predicted octanol–water partition coefficient (Wildman–Crippen LogP) is 0.498. The fourth-order valence-corrected chi connectivity index (χ4v) is 5.60. The van der Waals surface area contributed by atoms with Crippen molar-refractivity contribution >= 4 is 21.7 Å². The summed E-state index contributed by atoms with van der Waals surface area (Å²) in [5.41, 5.74) is 0.312. The van der Waals surface area contributed by atoms with Gasteiger partial charge in [0.15, 0.2) is 9.84 Å². The van der Waals surface area contributed by atoms with Crippen LogP contribution < -0.4 is 0 Å². The Morgan fingerprint density at radius 3 is 2.32 bits per heavy atom. The predicted molar refractivity (Wildman–Crippen MR) is 91.9 cm³/mol. The number of carbonyl (C=O) groups is 2. The minimum atomic E-state index is -3.31. The van der Waals surface area contributed by atoms with E-state index in [0.29, 0.717) is 12.1 Å². The number of sulfone groups is 1. The van der Waals surface area contributed by atoms with Crippen molar-refractivity contribution in [1.82, 2.24) is 9.80 Å². The average molecular weight is 366 g/mol. The first-order valence-electron chi connectivity index (χ1n) is 8.30. The number of aromatic hydroxyl groups is 1. The molecule has 2 saturated heterocycles. The summed E-state index contributed by atoms with van der Waals surface area (Å²) in [6.45, 7) is 4.16. The van der Waals surface area contributed by atoms with Gasteiger partial charge in [0.1, 0.15) is 5.75 Å². The summed E-state index contributed by atoms with van der Waals surface area (Å²) in [6.07, 6.45) is 0. The van der Waals surface area contributed by atoms with Gasteiger partial charge in [-0.05, 0) is 18.2 Å². The molecular weight excluding hydrogens is 344 g/mol. The zero-order valence-electron chi connectivity index (χ0n) is 14.3. The Kier molecular flexibility index (Phi) is 4.49. The van der Waals surface area contributed by atoms with Crippen LogP contribution in [0.1, 0.15) is 24.2 Å². The van der Waals surface area contributed by atoms with Crippen LogP contribution >= 0.6 is 0 Å². The highest BCUT2D eigenvalue weighted by Gasteiger charge is 2.49. The van der Waals surface area contributed by atoms with E-state index in [-0.39, 0.29) is 41.5 Å². The first-order chi connectivity index (χ1) is 11.7. The Balaban J connectivity index is 1.91. The van der Waals surface area contributed by atoms with Gasteiger partial charge in [0.25, 0.3) is 5.91 Å². The van der Waals surface area contributed by atoms with Crippen LogP contribution in [0.2, 0.25) is 0 Å². The van der Waals surface area contributed by atoms with Crippen LogP contribution in [0.25, 0.3) is 0 Å². The molecule has 2 atom stereocenters. The fraction of sp³-hybridized carbons (Fsp3) is 0.529. The monoisotopic (exact) mass is 366 g/mol. The van der Waals surface area contributed by atoms with Gasteiger partial charge in [0.05, 0.1) is 23.6 Å². The van der Waals surface area contributed by atoms with Crippen LogP contribution in [-0.2, 0) is 14.6 Å². The summed E-state index contributed by atoms with van der Waals surface area (Å²) in [5.74, 6) is -0.895. The fourth-order valence-electron chi connectivity index (χ4n) is 3.62. The van der Waals surface area contributed by atoms with Crippen molar-refractivity contribution in [3.05, 3.63) is 29.8 Å². The molecule has 25 heavy (non-hydrogen) atoms. The largest absolute Gasteiger partial charge is 0.508 e. The molecule has 0 spiro atoms. The lowest BCUT2D eigenvalue weighted by Gasteiger charge is -2.44. The molecule has 1 aromatic rings. The molecule has 0 saturated carbocycles. The molecule has 2 amide bonds. The number of carbonyl (C=O) groups excluding carboxylic acids is 2. The summed E-state index contributed by atoms with van der Waals surface area (Å²) in [5, 5.41) is 9.59. The van der Waals surface area contributed by atoms with Gasteiger partial charge in [0, 0.05) is 24.6 Å². The molecule has 2 aliphatic heterocycles. The van der Waals surface area contributed by atoms with Crippen molar-refractivity contribution in [1.29, 1.82) is 0 Å². The standard InChI is InChI=1S/C17H22N2O5S/c1-11(2)16(21)18-6-7-19(15-10-25(23,24)9-14(15)18)17(22)12-4-3-5-13(20)8-12/h3-5,8,11,14-15,20H,6-7,9-10H2,1-2H3/t14-,15+/m0/s1. The van der Waals surface area contributed by atoms with Crippen molar-refractivity contribution in [2.24, 2.45) is 5.92 Å². The maximum absolute atomic E-state index is 12.8. The summed E-state index contributed by atoms with van der Waals surface area (Å²) in [7, 11) is -3.31. The molecule has 0 bridgehead atoms. The first-order valence-corrected chi connectivity index (χ1v) is 10.1. The van der Waals surface area contributed by atoms with Gasteiger partial charge in [-0.3, -0.25) is 9.59 Å². The number of fused-ring (bicyclic) bond motifs is 1. The minimum Gasteiger partial charge on any atom is -0.508 e. The minimum absolute atomic E-state index is 0.0185. The number of phenols is 1. The summed E-state index contributed by atoms with van der Waals surface area (Å²) in [4.78, 5) is 28.4. The van der Waals surface area contributed by atoms with Crippen molar-refractivity contribution in [3.8, 4) is 5.75 Å². The van der Waals surface area contributed by atoms with E-state index >= 15 is 0 Å². The van der Waals surface area contributed by atoms with E-state index in [4.69, 9.17) is 0 Å². The second kappa shape index (κ2) is 6.33. The molecule has 2 fully saturated rings. The summed E-state index contributed by atoms with van der Waals surface area (Å²) < 4.78 is 24.4. The van der Waals surface area contributed by atoms with Gasteiger partial charge in [-0.15, -0.1) is 0 Å². The molecule has 2 heterocycles. The van der Waals surface area contributed by atoms with Crippen LogP contribution in [0.3, 0.4) is 0 Å². The van der Waals surface area contributed by atoms with Gasteiger partial charge >= 0.3 is 0 Å². The van der Waals surface area contributed by atoms with Crippen LogP contribution in [0.15, 0.2) is 24.3 Å². The number of rotatable bonds is 2. The SMILES string of the molecule is CC(C)C(=O)N1CCN(C(=O)c2cccc(O)c2)[C@@H]2CS(=O)(=O)C[C@@H]21. The molecule has 0 radical (unpaired) electrons. The zero-order chi connectivity index (χ0) is 18.4. The molecule has 2 aliphatic rings. The van der Waals surface area contributed by atoms with Gasteiger partial charge in [-0.25, -0.2) is 8.42 Å². The Morgan fingerprint density at radius 2 is 1.72 bits per heavy atom. The molecular formula is C17H22N2O5S.